The number of carbonyl (C=O) groups is 1. The van der Waals surface area contributed by atoms with E-state index in [9.17, 15) is 4.79 Å². The molecule has 6 nitrogen and oxygen atoms in total. The van der Waals surface area contributed by atoms with Crippen LogP contribution >= 0.6 is 0 Å². The first kappa shape index (κ1) is 19.7. The molecule has 23 heavy (non-hydrogen) atoms. The predicted octanol–water partition coefficient (Wildman–Crippen LogP) is 3.77. The van der Waals surface area contributed by atoms with Crippen molar-refractivity contribution in [2.75, 3.05) is 13.2 Å². The summed E-state index contributed by atoms with van der Waals surface area (Å²) in [6.07, 6.45) is 0.896. The summed E-state index contributed by atoms with van der Waals surface area (Å²) in [5.41, 5.74) is 0.299. The van der Waals surface area contributed by atoms with Crippen molar-refractivity contribution in [2.45, 2.75) is 65.3 Å². The number of hydrogen-bond donors (Lipinski definition) is 1. The van der Waals surface area contributed by atoms with Crippen LogP contribution in [0.2, 0.25) is 18.1 Å². The fourth-order valence-corrected chi connectivity index (χ4v) is 3.24. The van der Waals surface area contributed by atoms with Crippen LogP contribution in [0.3, 0.4) is 0 Å². The van der Waals surface area contributed by atoms with E-state index in [0.29, 0.717) is 24.8 Å². The minimum atomic E-state index is -1.76. The molecule has 0 aromatic carbocycles. The van der Waals surface area contributed by atoms with Gasteiger partial charge in [0.2, 0.25) is 5.88 Å². The molecule has 0 spiro atoms. The van der Waals surface area contributed by atoms with Gasteiger partial charge in [-0.15, -0.1) is 5.10 Å². The van der Waals surface area contributed by atoms with Gasteiger partial charge in [-0.25, -0.2) is 4.79 Å². The van der Waals surface area contributed by atoms with Crippen LogP contribution in [0.1, 0.15) is 51.5 Å². The SMILES string of the molecule is CCOC(=O)c1cc(OCCC(C)O[Si](C)(C)C(C)(C)C)n[nH]1. The highest BCUT2D eigenvalue weighted by molar-refractivity contribution is 6.74. The number of rotatable bonds is 8. The molecule has 7 heteroatoms. The number of nitrogens with zero attached hydrogens (tertiary/aromatic N) is 1. The number of hydrogen-bond acceptors (Lipinski definition) is 5. The second-order valence-electron chi connectivity index (χ2n) is 7.17. The van der Waals surface area contributed by atoms with Crippen LogP contribution in [0.25, 0.3) is 0 Å². The van der Waals surface area contributed by atoms with Crippen LogP contribution in [0, 0.1) is 0 Å². The Balaban J connectivity index is 2.41. The Hall–Kier alpha value is -1.34. The highest BCUT2D eigenvalue weighted by Gasteiger charge is 2.38. The Morgan fingerprint density at radius 1 is 1.39 bits per heavy atom. The van der Waals surface area contributed by atoms with Gasteiger partial charge in [-0.1, -0.05) is 20.8 Å². The Kier molecular flexibility index (Phi) is 6.82. The zero-order chi connectivity index (χ0) is 17.7. The standard InChI is InChI=1S/C16H30N2O4Si/c1-8-20-15(19)13-11-14(18-17-13)21-10-9-12(2)22-23(6,7)16(3,4)5/h11-12H,8-10H2,1-7H3,(H,17,18). The second kappa shape index (κ2) is 7.96. The number of carbonyl (C=O) groups excluding carboxylic acids is 1. The molecule has 0 aliphatic heterocycles. The summed E-state index contributed by atoms with van der Waals surface area (Å²) < 4.78 is 16.7. The highest BCUT2D eigenvalue weighted by atomic mass is 28.4. The summed E-state index contributed by atoms with van der Waals surface area (Å²) in [5, 5.41) is 6.76. The van der Waals surface area contributed by atoms with E-state index in [2.05, 4.69) is 51.0 Å². The molecule has 0 saturated carbocycles. The summed E-state index contributed by atoms with van der Waals surface area (Å²) in [6, 6.07) is 1.55. The van der Waals surface area contributed by atoms with Gasteiger partial charge in [0.15, 0.2) is 8.32 Å². The number of H-pyrrole nitrogens is 1. The first-order valence-corrected chi connectivity index (χ1v) is 11.0. The topological polar surface area (TPSA) is 73.4 Å². The molecule has 1 N–H and O–H groups in total. The average Bonchev–Trinajstić information content (AvgIpc) is 2.86. The Morgan fingerprint density at radius 2 is 2.04 bits per heavy atom. The summed E-state index contributed by atoms with van der Waals surface area (Å²) in [6.45, 7) is 15.8. The van der Waals surface area contributed by atoms with Gasteiger partial charge < -0.3 is 13.9 Å². The van der Waals surface area contributed by atoms with E-state index < -0.39 is 14.3 Å². The largest absolute Gasteiger partial charge is 0.476 e. The van der Waals surface area contributed by atoms with Crippen molar-refractivity contribution in [3.8, 4) is 5.88 Å². The monoisotopic (exact) mass is 342 g/mol. The molecule has 1 rings (SSSR count). The third-order valence-electron chi connectivity index (χ3n) is 4.13. The molecule has 0 saturated heterocycles. The smallest absolute Gasteiger partial charge is 0.356 e. The zero-order valence-corrected chi connectivity index (χ0v) is 16.4. The first-order valence-electron chi connectivity index (χ1n) is 8.10. The van der Waals surface area contributed by atoms with Crippen molar-refractivity contribution in [3.05, 3.63) is 11.8 Å². The van der Waals surface area contributed by atoms with Gasteiger partial charge in [-0.05, 0) is 32.0 Å². The van der Waals surface area contributed by atoms with Gasteiger partial charge in [-0.2, -0.15) is 0 Å². The fraction of sp³-hybridized carbons (Fsp3) is 0.750. The Morgan fingerprint density at radius 3 is 2.61 bits per heavy atom. The predicted molar refractivity (Wildman–Crippen MR) is 92.4 cm³/mol. The van der Waals surface area contributed by atoms with Gasteiger partial charge >= 0.3 is 5.97 Å². The van der Waals surface area contributed by atoms with E-state index in [4.69, 9.17) is 13.9 Å². The third-order valence-corrected chi connectivity index (χ3v) is 8.73. The molecule has 1 atom stereocenters. The van der Waals surface area contributed by atoms with E-state index in [1.807, 2.05) is 0 Å². The molecular formula is C16H30N2O4Si. The minimum Gasteiger partial charge on any atom is -0.476 e. The van der Waals surface area contributed by atoms with E-state index in [1.54, 1.807) is 13.0 Å². The van der Waals surface area contributed by atoms with Crippen molar-refractivity contribution >= 4 is 14.3 Å². The molecule has 0 aliphatic carbocycles. The average molecular weight is 343 g/mol. The summed E-state index contributed by atoms with van der Waals surface area (Å²) in [5.74, 6) is -0.0305. The number of aromatic amines is 1. The number of ether oxygens (including phenoxy) is 2. The van der Waals surface area contributed by atoms with Gasteiger partial charge in [-0.3, -0.25) is 5.10 Å². The maximum Gasteiger partial charge on any atom is 0.356 e. The molecule has 0 radical (unpaired) electrons. The lowest BCUT2D eigenvalue weighted by molar-refractivity contribution is 0.0519. The van der Waals surface area contributed by atoms with Gasteiger partial charge in [0.25, 0.3) is 0 Å². The van der Waals surface area contributed by atoms with E-state index in [-0.39, 0.29) is 11.1 Å². The van der Waals surface area contributed by atoms with Crippen LogP contribution in [-0.2, 0) is 9.16 Å². The van der Waals surface area contributed by atoms with Gasteiger partial charge in [0.05, 0.1) is 13.2 Å². The van der Waals surface area contributed by atoms with Crippen LogP contribution in [-0.4, -0.2) is 43.8 Å². The molecule has 1 aromatic rings. The lowest BCUT2D eigenvalue weighted by Gasteiger charge is -2.38. The molecule has 1 heterocycles. The molecule has 0 fully saturated rings. The van der Waals surface area contributed by atoms with Crippen molar-refractivity contribution in [3.63, 3.8) is 0 Å². The van der Waals surface area contributed by atoms with E-state index >= 15 is 0 Å². The number of esters is 1. The molecule has 132 valence electrons. The maximum absolute atomic E-state index is 11.5. The second-order valence-corrected chi connectivity index (χ2v) is 11.9. The quantitative estimate of drug-likeness (QED) is 0.575. The van der Waals surface area contributed by atoms with Crippen molar-refractivity contribution in [1.29, 1.82) is 0 Å². The minimum absolute atomic E-state index is 0.124. The number of aromatic nitrogens is 2. The molecule has 1 unspecified atom stereocenters. The summed E-state index contributed by atoms with van der Waals surface area (Å²) in [4.78, 5) is 11.5. The lowest BCUT2D eigenvalue weighted by Crippen LogP contribution is -2.43. The van der Waals surface area contributed by atoms with Crippen molar-refractivity contribution in [1.82, 2.24) is 10.2 Å². The maximum atomic E-state index is 11.5. The normalized spacial score (nSPS) is 13.7. The fourth-order valence-electron chi connectivity index (χ4n) is 1.76. The van der Waals surface area contributed by atoms with Crippen molar-refractivity contribution in [2.24, 2.45) is 0 Å². The van der Waals surface area contributed by atoms with E-state index in [1.165, 1.54) is 0 Å². The van der Waals surface area contributed by atoms with Gasteiger partial charge in [0, 0.05) is 18.6 Å². The van der Waals surface area contributed by atoms with Crippen LogP contribution < -0.4 is 4.74 Å². The van der Waals surface area contributed by atoms with Crippen LogP contribution in [0.4, 0.5) is 0 Å². The van der Waals surface area contributed by atoms with Crippen LogP contribution in [0.5, 0.6) is 5.88 Å². The Labute approximate surface area is 140 Å². The number of nitrogens with one attached hydrogen (secondary N) is 1. The molecule has 1 aromatic heterocycles. The Bertz CT molecular complexity index is 508. The van der Waals surface area contributed by atoms with Crippen LogP contribution in [0.15, 0.2) is 6.07 Å². The summed E-state index contributed by atoms with van der Waals surface area (Å²) in [7, 11) is -1.76. The van der Waals surface area contributed by atoms with Gasteiger partial charge in [0.1, 0.15) is 5.69 Å². The molecule has 0 bridgehead atoms. The molecular weight excluding hydrogens is 312 g/mol. The molecule has 0 aliphatic rings. The molecule has 0 amide bonds. The first-order chi connectivity index (χ1) is 10.6. The third kappa shape index (κ3) is 5.99. The lowest BCUT2D eigenvalue weighted by atomic mass is 10.2. The zero-order valence-electron chi connectivity index (χ0n) is 15.4. The highest BCUT2D eigenvalue weighted by Crippen LogP contribution is 2.37. The summed E-state index contributed by atoms with van der Waals surface area (Å²) >= 11 is 0. The van der Waals surface area contributed by atoms with Crippen molar-refractivity contribution < 1.29 is 18.7 Å². The van der Waals surface area contributed by atoms with E-state index in [0.717, 1.165) is 6.42 Å².